The zero-order chi connectivity index (χ0) is 13.4. The predicted molar refractivity (Wildman–Crippen MR) is 69.3 cm³/mol. The summed E-state index contributed by atoms with van der Waals surface area (Å²) in [6.45, 7) is 3.82. The van der Waals surface area contributed by atoms with Crippen LogP contribution in [0.4, 0.5) is 0 Å². The highest BCUT2D eigenvalue weighted by Crippen LogP contribution is 2.14. The van der Waals surface area contributed by atoms with Crippen LogP contribution in [-0.4, -0.2) is 32.3 Å². The van der Waals surface area contributed by atoms with Gasteiger partial charge in [0.15, 0.2) is 6.10 Å². The summed E-state index contributed by atoms with van der Waals surface area (Å²) in [5, 5.41) is 3.23. The van der Waals surface area contributed by atoms with Crippen LogP contribution in [0.5, 0.6) is 5.75 Å². The fourth-order valence-corrected chi connectivity index (χ4v) is 1.40. The van der Waals surface area contributed by atoms with E-state index >= 15 is 0 Å². The van der Waals surface area contributed by atoms with Crippen LogP contribution < -0.4 is 15.8 Å². The molecule has 0 aliphatic rings. The molecule has 1 unspecified atom stereocenters. The number of carbonyl (C=O) groups is 1. The third kappa shape index (κ3) is 5.16. The zero-order valence-electron chi connectivity index (χ0n) is 10.8. The maximum atomic E-state index is 10.9. The highest BCUT2D eigenvalue weighted by Gasteiger charge is 2.09. The van der Waals surface area contributed by atoms with Gasteiger partial charge >= 0.3 is 0 Å². The van der Waals surface area contributed by atoms with Crippen molar-refractivity contribution in [3.05, 3.63) is 29.8 Å². The molecule has 18 heavy (non-hydrogen) atoms. The summed E-state index contributed by atoms with van der Waals surface area (Å²) in [5.74, 6) is 0.172. The number of nitrogens with one attached hydrogen (secondary N) is 1. The molecule has 0 bridgehead atoms. The number of amides is 1. The van der Waals surface area contributed by atoms with Gasteiger partial charge in [-0.05, 0) is 24.6 Å². The van der Waals surface area contributed by atoms with Gasteiger partial charge in [0.1, 0.15) is 5.75 Å². The Morgan fingerprint density at radius 3 is 2.94 bits per heavy atom. The number of rotatable bonds is 8. The molecule has 5 nitrogen and oxygen atoms in total. The van der Waals surface area contributed by atoms with Gasteiger partial charge in [0.2, 0.25) is 0 Å². The van der Waals surface area contributed by atoms with Gasteiger partial charge in [-0.1, -0.05) is 12.1 Å². The van der Waals surface area contributed by atoms with Gasteiger partial charge in [-0.15, -0.1) is 0 Å². The third-order valence-electron chi connectivity index (χ3n) is 2.42. The van der Waals surface area contributed by atoms with Gasteiger partial charge in [-0.2, -0.15) is 0 Å². The van der Waals surface area contributed by atoms with Crippen molar-refractivity contribution < 1.29 is 14.3 Å². The molecule has 5 heteroatoms. The maximum Gasteiger partial charge on any atom is 0.258 e. The van der Waals surface area contributed by atoms with Gasteiger partial charge in [-0.3, -0.25) is 4.79 Å². The normalized spacial score (nSPS) is 12.1. The lowest BCUT2D eigenvalue weighted by atomic mass is 10.2. The second-order valence-electron chi connectivity index (χ2n) is 3.98. The van der Waals surface area contributed by atoms with Crippen LogP contribution in [0.2, 0.25) is 0 Å². The van der Waals surface area contributed by atoms with Crippen LogP contribution in [0.25, 0.3) is 0 Å². The monoisotopic (exact) mass is 252 g/mol. The molecule has 1 rings (SSSR count). The summed E-state index contributed by atoms with van der Waals surface area (Å²) in [6.07, 6.45) is -0.623. The third-order valence-corrected chi connectivity index (χ3v) is 2.42. The largest absolute Gasteiger partial charge is 0.481 e. The van der Waals surface area contributed by atoms with E-state index in [4.69, 9.17) is 15.2 Å². The molecule has 0 spiro atoms. The number of primary amides is 1. The number of methoxy groups -OCH3 is 1. The minimum atomic E-state index is -0.623. The molecule has 0 aliphatic heterocycles. The average molecular weight is 252 g/mol. The quantitative estimate of drug-likeness (QED) is 0.667. The minimum Gasteiger partial charge on any atom is -0.481 e. The standard InChI is InChI=1S/C13H20N2O3/c1-10(13(14)16)18-12-5-3-4-11(8-12)9-15-6-7-17-2/h3-5,8,10,15H,6-7,9H2,1-2H3,(H2,14,16). The Morgan fingerprint density at radius 2 is 2.28 bits per heavy atom. The summed E-state index contributed by atoms with van der Waals surface area (Å²) in [7, 11) is 1.67. The predicted octanol–water partition coefficient (Wildman–Crippen LogP) is 0.675. The smallest absolute Gasteiger partial charge is 0.258 e. The molecule has 0 fully saturated rings. The molecule has 1 atom stereocenters. The first-order chi connectivity index (χ1) is 8.63. The number of ether oxygens (including phenoxy) is 2. The summed E-state index contributed by atoms with van der Waals surface area (Å²) < 4.78 is 10.4. The average Bonchev–Trinajstić information content (AvgIpc) is 2.35. The van der Waals surface area contributed by atoms with E-state index in [2.05, 4.69) is 5.32 Å². The topological polar surface area (TPSA) is 73.6 Å². The van der Waals surface area contributed by atoms with Gasteiger partial charge < -0.3 is 20.5 Å². The molecule has 0 radical (unpaired) electrons. The van der Waals surface area contributed by atoms with Crippen LogP contribution in [-0.2, 0) is 16.1 Å². The van der Waals surface area contributed by atoms with Gasteiger partial charge in [0.05, 0.1) is 6.61 Å². The van der Waals surface area contributed by atoms with Crippen molar-refractivity contribution in [1.29, 1.82) is 0 Å². The van der Waals surface area contributed by atoms with E-state index < -0.39 is 12.0 Å². The summed E-state index contributed by atoms with van der Waals surface area (Å²) in [5.41, 5.74) is 6.23. The Balaban J connectivity index is 2.48. The number of hydrogen-bond donors (Lipinski definition) is 2. The minimum absolute atomic E-state index is 0.473. The Morgan fingerprint density at radius 1 is 1.50 bits per heavy atom. The second-order valence-corrected chi connectivity index (χ2v) is 3.98. The molecular weight excluding hydrogens is 232 g/mol. The van der Waals surface area contributed by atoms with E-state index in [9.17, 15) is 4.79 Å². The molecular formula is C13H20N2O3. The fourth-order valence-electron chi connectivity index (χ4n) is 1.40. The second kappa shape index (κ2) is 7.68. The van der Waals surface area contributed by atoms with Crippen molar-refractivity contribution in [3.8, 4) is 5.75 Å². The SMILES string of the molecule is COCCNCc1cccc(OC(C)C(N)=O)c1. The Hall–Kier alpha value is -1.59. The molecule has 0 aromatic heterocycles. The van der Waals surface area contributed by atoms with E-state index in [1.165, 1.54) is 0 Å². The van der Waals surface area contributed by atoms with Gasteiger partial charge in [0.25, 0.3) is 5.91 Å². The molecule has 0 saturated heterocycles. The van der Waals surface area contributed by atoms with Gasteiger partial charge in [0, 0.05) is 20.2 Å². The van der Waals surface area contributed by atoms with Crippen LogP contribution in [0.15, 0.2) is 24.3 Å². The Bertz CT molecular complexity index is 382. The lowest BCUT2D eigenvalue weighted by Gasteiger charge is -2.12. The van der Waals surface area contributed by atoms with Crippen molar-refractivity contribution in [1.82, 2.24) is 5.32 Å². The molecule has 1 amide bonds. The molecule has 1 aromatic rings. The van der Waals surface area contributed by atoms with Crippen LogP contribution in [0.3, 0.4) is 0 Å². The van der Waals surface area contributed by atoms with Crippen LogP contribution >= 0.6 is 0 Å². The lowest BCUT2D eigenvalue weighted by molar-refractivity contribution is -0.123. The van der Waals surface area contributed by atoms with E-state index in [1.54, 1.807) is 20.1 Å². The van der Waals surface area contributed by atoms with Gasteiger partial charge in [-0.25, -0.2) is 0 Å². The van der Waals surface area contributed by atoms with Crippen molar-refractivity contribution in [2.45, 2.75) is 19.6 Å². The molecule has 1 aromatic carbocycles. The summed E-state index contributed by atoms with van der Waals surface area (Å²) in [6, 6.07) is 7.56. The number of hydrogen-bond acceptors (Lipinski definition) is 4. The first-order valence-electron chi connectivity index (χ1n) is 5.88. The van der Waals surface area contributed by atoms with Crippen LogP contribution in [0.1, 0.15) is 12.5 Å². The highest BCUT2D eigenvalue weighted by molar-refractivity contribution is 5.78. The van der Waals surface area contributed by atoms with Crippen molar-refractivity contribution in [2.24, 2.45) is 5.73 Å². The van der Waals surface area contributed by atoms with E-state index in [0.717, 1.165) is 18.7 Å². The van der Waals surface area contributed by atoms with Crippen molar-refractivity contribution in [3.63, 3.8) is 0 Å². The molecule has 3 N–H and O–H groups in total. The van der Waals surface area contributed by atoms with Crippen molar-refractivity contribution >= 4 is 5.91 Å². The Labute approximate surface area is 107 Å². The van der Waals surface area contributed by atoms with E-state index in [0.29, 0.717) is 12.4 Å². The first-order valence-corrected chi connectivity index (χ1v) is 5.88. The summed E-state index contributed by atoms with van der Waals surface area (Å²) >= 11 is 0. The first kappa shape index (κ1) is 14.5. The fraction of sp³-hybridized carbons (Fsp3) is 0.462. The Kier molecular flexibility index (Phi) is 6.18. The maximum absolute atomic E-state index is 10.9. The number of carbonyl (C=O) groups excluding carboxylic acids is 1. The number of benzene rings is 1. The number of nitrogens with two attached hydrogens (primary N) is 1. The molecule has 0 saturated carbocycles. The molecule has 0 aliphatic carbocycles. The van der Waals surface area contributed by atoms with Crippen molar-refractivity contribution in [2.75, 3.05) is 20.3 Å². The highest BCUT2D eigenvalue weighted by atomic mass is 16.5. The lowest BCUT2D eigenvalue weighted by Crippen LogP contribution is -2.30. The molecule has 0 heterocycles. The van der Waals surface area contributed by atoms with E-state index in [1.807, 2.05) is 18.2 Å². The van der Waals surface area contributed by atoms with Crippen LogP contribution in [0, 0.1) is 0 Å². The zero-order valence-corrected chi connectivity index (χ0v) is 10.8. The molecule has 100 valence electrons. The van der Waals surface area contributed by atoms with E-state index in [-0.39, 0.29) is 0 Å². The summed E-state index contributed by atoms with van der Waals surface area (Å²) in [4.78, 5) is 10.9.